The van der Waals surface area contributed by atoms with Crippen molar-refractivity contribution in [3.8, 4) is 16.6 Å². The van der Waals surface area contributed by atoms with Crippen LogP contribution in [0.5, 0.6) is 0 Å². The lowest BCUT2D eigenvalue weighted by Gasteiger charge is -2.03. The molecule has 3 rings (SSSR count). The largest absolute Gasteiger partial charge is 0.332 e. The SMILES string of the molecule is Cc1c(C#N)c2n(c1-c1cncs1)CSC2. The van der Waals surface area contributed by atoms with Crippen LogP contribution in [0.2, 0.25) is 0 Å². The van der Waals surface area contributed by atoms with Crippen LogP contribution >= 0.6 is 23.1 Å². The summed E-state index contributed by atoms with van der Waals surface area (Å²) in [5.74, 6) is 1.90. The minimum absolute atomic E-state index is 0.855. The van der Waals surface area contributed by atoms with Crippen molar-refractivity contribution in [3.63, 3.8) is 0 Å². The topological polar surface area (TPSA) is 41.6 Å². The molecule has 1 aliphatic rings. The molecule has 0 unspecified atom stereocenters. The highest BCUT2D eigenvalue weighted by Gasteiger charge is 2.25. The van der Waals surface area contributed by atoms with Gasteiger partial charge in [-0.2, -0.15) is 5.26 Å². The van der Waals surface area contributed by atoms with Crippen molar-refractivity contribution in [1.82, 2.24) is 9.55 Å². The van der Waals surface area contributed by atoms with Crippen molar-refractivity contribution in [1.29, 1.82) is 5.26 Å². The van der Waals surface area contributed by atoms with Crippen molar-refractivity contribution in [2.24, 2.45) is 0 Å². The van der Waals surface area contributed by atoms with Gasteiger partial charge >= 0.3 is 0 Å². The maximum absolute atomic E-state index is 9.21. The Kier molecular flexibility index (Phi) is 2.27. The van der Waals surface area contributed by atoms with Crippen LogP contribution in [-0.2, 0) is 11.6 Å². The van der Waals surface area contributed by atoms with Crippen molar-refractivity contribution >= 4 is 23.1 Å². The molecule has 0 bridgehead atoms. The highest BCUT2D eigenvalue weighted by atomic mass is 32.2. The molecule has 0 spiro atoms. The first kappa shape index (κ1) is 9.94. The molecule has 1 aliphatic heterocycles. The number of fused-ring (bicyclic) bond motifs is 1. The summed E-state index contributed by atoms with van der Waals surface area (Å²) in [5, 5.41) is 9.21. The van der Waals surface area contributed by atoms with Gasteiger partial charge in [0.1, 0.15) is 6.07 Å². The van der Waals surface area contributed by atoms with E-state index in [2.05, 4.69) is 15.6 Å². The van der Waals surface area contributed by atoms with Crippen molar-refractivity contribution in [2.75, 3.05) is 0 Å². The van der Waals surface area contributed by atoms with E-state index >= 15 is 0 Å². The van der Waals surface area contributed by atoms with E-state index in [0.717, 1.165) is 27.6 Å². The van der Waals surface area contributed by atoms with E-state index in [1.54, 1.807) is 11.3 Å². The summed E-state index contributed by atoms with van der Waals surface area (Å²) in [4.78, 5) is 5.27. The third kappa shape index (κ3) is 1.24. The summed E-state index contributed by atoms with van der Waals surface area (Å²) in [6, 6.07) is 2.33. The molecule has 3 nitrogen and oxygen atoms in total. The summed E-state index contributed by atoms with van der Waals surface area (Å²) < 4.78 is 2.26. The minimum Gasteiger partial charge on any atom is -0.332 e. The summed E-state index contributed by atoms with van der Waals surface area (Å²) in [6.45, 7) is 2.03. The Morgan fingerprint density at radius 2 is 2.44 bits per heavy atom. The number of thiazole rings is 1. The summed E-state index contributed by atoms with van der Waals surface area (Å²) in [6.07, 6.45) is 1.88. The van der Waals surface area contributed by atoms with Crippen LogP contribution in [-0.4, -0.2) is 9.55 Å². The van der Waals surface area contributed by atoms with Gasteiger partial charge in [-0.3, -0.25) is 4.98 Å². The number of thioether (sulfide) groups is 1. The molecular weight excluding hydrogens is 238 g/mol. The zero-order chi connectivity index (χ0) is 11.1. The lowest BCUT2D eigenvalue weighted by molar-refractivity contribution is 0.895. The second-order valence-electron chi connectivity index (χ2n) is 3.68. The van der Waals surface area contributed by atoms with Crippen molar-refractivity contribution < 1.29 is 0 Å². The van der Waals surface area contributed by atoms with Gasteiger partial charge in [-0.25, -0.2) is 0 Å². The molecule has 0 radical (unpaired) electrons. The lowest BCUT2D eigenvalue weighted by atomic mass is 10.1. The first-order valence-corrected chi connectivity index (χ1v) is 6.95. The molecule has 0 saturated carbocycles. The molecule has 0 fully saturated rings. The number of rotatable bonds is 1. The molecule has 2 aromatic rings. The summed E-state index contributed by atoms with van der Waals surface area (Å²) in [5.41, 5.74) is 6.14. The Morgan fingerprint density at radius 3 is 3.12 bits per heavy atom. The van der Waals surface area contributed by atoms with Gasteiger partial charge in [0.05, 0.1) is 27.5 Å². The van der Waals surface area contributed by atoms with Crippen LogP contribution in [0, 0.1) is 18.3 Å². The third-order valence-corrected chi connectivity index (χ3v) is 4.55. The van der Waals surface area contributed by atoms with Crippen LogP contribution in [0.3, 0.4) is 0 Å². The molecule has 0 atom stereocenters. The fourth-order valence-electron chi connectivity index (χ4n) is 2.13. The molecule has 0 aromatic carbocycles. The second-order valence-corrected chi connectivity index (χ2v) is 5.52. The van der Waals surface area contributed by atoms with Gasteiger partial charge in [0, 0.05) is 17.6 Å². The zero-order valence-electron chi connectivity index (χ0n) is 8.73. The standard InChI is InChI=1S/C11H9N3S2/c1-7-8(2-12)9-4-15-6-14(9)11(7)10-3-13-5-16-10/h3,5H,4,6H2,1H3. The van der Waals surface area contributed by atoms with E-state index < -0.39 is 0 Å². The minimum atomic E-state index is 0.855. The van der Waals surface area contributed by atoms with Crippen molar-refractivity contribution in [3.05, 3.63) is 28.5 Å². The average Bonchev–Trinajstić information content (AvgIpc) is 2.93. The summed E-state index contributed by atoms with van der Waals surface area (Å²) >= 11 is 3.48. The first-order chi connectivity index (χ1) is 7.83. The van der Waals surface area contributed by atoms with Gasteiger partial charge in [-0.05, 0) is 12.5 Å². The number of aromatic nitrogens is 2. The molecule has 3 heterocycles. The van der Waals surface area contributed by atoms with E-state index in [4.69, 9.17) is 0 Å². The number of hydrogen-bond acceptors (Lipinski definition) is 4. The van der Waals surface area contributed by atoms with Crippen LogP contribution < -0.4 is 0 Å². The lowest BCUT2D eigenvalue weighted by Crippen LogP contribution is -1.93. The second kappa shape index (κ2) is 3.65. The number of hydrogen-bond donors (Lipinski definition) is 0. The summed E-state index contributed by atoms with van der Waals surface area (Å²) in [7, 11) is 0. The predicted octanol–water partition coefficient (Wildman–Crippen LogP) is 3.00. The third-order valence-electron chi connectivity index (χ3n) is 2.85. The normalized spacial score (nSPS) is 13.8. The average molecular weight is 247 g/mol. The molecule has 5 heteroatoms. The molecule has 0 N–H and O–H groups in total. The van der Waals surface area contributed by atoms with Crippen LogP contribution in [0.1, 0.15) is 16.8 Å². The van der Waals surface area contributed by atoms with E-state index in [1.165, 1.54) is 11.4 Å². The van der Waals surface area contributed by atoms with E-state index in [9.17, 15) is 5.26 Å². The Labute approximate surface area is 102 Å². The fraction of sp³-hybridized carbons (Fsp3) is 0.273. The smallest absolute Gasteiger partial charge is 0.101 e. The number of nitrogens with zero attached hydrogens (tertiary/aromatic N) is 3. The maximum atomic E-state index is 9.21. The van der Waals surface area contributed by atoms with E-state index in [-0.39, 0.29) is 0 Å². The Hall–Kier alpha value is -1.25. The van der Waals surface area contributed by atoms with Crippen LogP contribution in [0.25, 0.3) is 10.6 Å². The molecule has 0 aliphatic carbocycles. The number of nitriles is 1. The van der Waals surface area contributed by atoms with Gasteiger partial charge in [-0.15, -0.1) is 23.1 Å². The monoisotopic (exact) mass is 247 g/mol. The maximum Gasteiger partial charge on any atom is 0.101 e. The molecule has 0 saturated heterocycles. The Bertz CT molecular complexity index is 575. The van der Waals surface area contributed by atoms with Crippen LogP contribution in [0.4, 0.5) is 0 Å². The van der Waals surface area contributed by atoms with E-state index in [1.807, 2.05) is 30.4 Å². The van der Waals surface area contributed by atoms with Gasteiger partial charge in [0.15, 0.2) is 0 Å². The van der Waals surface area contributed by atoms with Crippen molar-refractivity contribution in [2.45, 2.75) is 18.6 Å². The van der Waals surface area contributed by atoms with Gasteiger partial charge in [0.2, 0.25) is 0 Å². The zero-order valence-corrected chi connectivity index (χ0v) is 10.4. The quantitative estimate of drug-likeness (QED) is 0.778. The van der Waals surface area contributed by atoms with Gasteiger partial charge < -0.3 is 4.57 Å². The molecule has 2 aromatic heterocycles. The van der Waals surface area contributed by atoms with E-state index in [0.29, 0.717) is 0 Å². The molecular formula is C11H9N3S2. The molecule has 80 valence electrons. The predicted molar refractivity (Wildman–Crippen MR) is 66.3 cm³/mol. The Balaban J connectivity index is 2.31. The molecule has 16 heavy (non-hydrogen) atoms. The van der Waals surface area contributed by atoms with Gasteiger partial charge in [0.25, 0.3) is 0 Å². The first-order valence-electron chi connectivity index (χ1n) is 4.91. The molecule has 0 amide bonds. The van der Waals surface area contributed by atoms with Crippen LogP contribution in [0.15, 0.2) is 11.7 Å². The Morgan fingerprint density at radius 1 is 1.56 bits per heavy atom. The highest BCUT2D eigenvalue weighted by Crippen LogP contribution is 2.39. The highest BCUT2D eigenvalue weighted by molar-refractivity contribution is 7.97. The fourth-order valence-corrected chi connectivity index (χ4v) is 3.92. The van der Waals surface area contributed by atoms with Gasteiger partial charge in [-0.1, -0.05) is 0 Å².